The van der Waals surface area contributed by atoms with E-state index in [1.807, 2.05) is 13.8 Å². The molecule has 0 spiro atoms. The normalized spacial score (nSPS) is 10.9. The van der Waals surface area contributed by atoms with Crippen LogP contribution < -0.4 is 10.6 Å². The van der Waals surface area contributed by atoms with Gasteiger partial charge in [-0.25, -0.2) is 0 Å². The maximum Gasteiger partial charge on any atom is 0.251 e. The Morgan fingerprint density at radius 1 is 0.577 bits per heavy atom. The first kappa shape index (κ1) is 47.2. The van der Waals surface area contributed by atoms with E-state index in [1.165, 1.54) is 109 Å². The first-order valence-corrected chi connectivity index (χ1v) is 20.8. The van der Waals surface area contributed by atoms with Crippen LogP contribution in [0.25, 0.3) is 11.5 Å². The Bertz CT molecular complexity index is 1090. The Kier molecular flexibility index (Phi) is 32.0. The molecule has 10 nitrogen and oxygen atoms in total. The Balaban J connectivity index is 0.00000664. The lowest BCUT2D eigenvalue weighted by Gasteiger charge is -2.09. The number of nitrogens with one attached hydrogen (secondary N) is 2. The molecule has 52 heavy (non-hydrogen) atoms. The fourth-order valence-electron chi connectivity index (χ4n) is 5.77. The molecule has 2 amide bonds. The van der Waals surface area contributed by atoms with E-state index >= 15 is 0 Å². The lowest BCUT2D eigenvalue weighted by Crippen LogP contribution is -2.27. The number of carbonyl (C=O) groups is 2. The summed E-state index contributed by atoms with van der Waals surface area (Å²) in [6.07, 6.45) is 26.3. The van der Waals surface area contributed by atoms with Gasteiger partial charge in [-0.3, -0.25) is 9.59 Å². The fraction of sp³-hybridized carbons (Fsp3) is 0.762. The zero-order valence-electron chi connectivity index (χ0n) is 33.5. The van der Waals surface area contributed by atoms with Gasteiger partial charge >= 0.3 is 0 Å². The minimum atomic E-state index is -0.174. The Hall–Kier alpha value is -2.82. The summed E-state index contributed by atoms with van der Waals surface area (Å²) in [5.74, 6) is 0.857. The van der Waals surface area contributed by atoms with Crippen LogP contribution in [0.4, 0.5) is 0 Å². The number of benzene rings is 1. The van der Waals surface area contributed by atoms with E-state index in [4.69, 9.17) is 18.6 Å². The van der Waals surface area contributed by atoms with Gasteiger partial charge in [-0.1, -0.05) is 136 Å². The lowest BCUT2D eigenvalue weighted by molar-refractivity contribution is -0.121. The van der Waals surface area contributed by atoms with Crippen LogP contribution in [-0.4, -0.2) is 74.7 Å². The molecule has 0 bridgehead atoms. The molecule has 2 rings (SSSR count). The fourth-order valence-corrected chi connectivity index (χ4v) is 5.77. The molecule has 10 heteroatoms. The molecule has 0 saturated carbocycles. The molecular weight excluding hydrogens is 656 g/mol. The topological polar surface area (TPSA) is 125 Å². The van der Waals surface area contributed by atoms with E-state index in [0.29, 0.717) is 76.5 Å². The van der Waals surface area contributed by atoms with E-state index < -0.39 is 0 Å². The van der Waals surface area contributed by atoms with Crippen LogP contribution in [0.5, 0.6) is 0 Å². The average Bonchev–Trinajstić information content (AvgIpc) is 3.61. The quantitative estimate of drug-likeness (QED) is 0.0682. The van der Waals surface area contributed by atoms with Gasteiger partial charge in [0, 0.05) is 37.6 Å². The molecular formula is C42H74N4O6. The van der Waals surface area contributed by atoms with E-state index in [2.05, 4.69) is 27.8 Å². The minimum absolute atomic E-state index is 0.110. The van der Waals surface area contributed by atoms with Gasteiger partial charge in [-0.05, 0) is 30.7 Å². The van der Waals surface area contributed by atoms with Crippen molar-refractivity contribution < 1.29 is 28.2 Å². The van der Waals surface area contributed by atoms with E-state index in [0.717, 1.165) is 18.4 Å². The molecule has 1 aromatic heterocycles. The number of rotatable bonds is 34. The second-order valence-corrected chi connectivity index (χ2v) is 13.3. The molecule has 2 N–H and O–H groups in total. The van der Waals surface area contributed by atoms with Crippen molar-refractivity contribution in [2.45, 2.75) is 156 Å². The van der Waals surface area contributed by atoms with Crippen molar-refractivity contribution in [3.63, 3.8) is 0 Å². The maximum absolute atomic E-state index is 12.3. The Labute approximate surface area is 316 Å². The van der Waals surface area contributed by atoms with Crippen LogP contribution in [0, 0.1) is 6.92 Å². The molecule has 0 unspecified atom stereocenters. The highest BCUT2D eigenvalue weighted by molar-refractivity contribution is 5.94. The molecule has 0 aliphatic carbocycles. The Morgan fingerprint density at radius 2 is 1.00 bits per heavy atom. The highest BCUT2D eigenvalue weighted by Crippen LogP contribution is 2.18. The summed E-state index contributed by atoms with van der Waals surface area (Å²) in [7, 11) is 0. The lowest BCUT2D eigenvalue weighted by atomic mass is 10.0. The largest absolute Gasteiger partial charge is 0.421 e. The summed E-state index contributed by atoms with van der Waals surface area (Å²) in [5, 5.41) is 13.6. The third-order valence-electron chi connectivity index (χ3n) is 8.77. The number of ether oxygens (including phenoxy) is 3. The predicted octanol–water partition coefficient (Wildman–Crippen LogP) is 9.79. The highest BCUT2D eigenvalue weighted by atomic mass is 16.5. The number of carbonyl (C=O) groups excluding carboxylic acids is 2. The second kappa shape index (κ2) is 35.2. The first-order valence-electron chi connectivity index (χ1n) is 20.8. The molecule has 1 aromatic carbocycles. The second-order valence-electron chi connectivity index (χ2n) is 13.3. The first-order chi connectivity index (χ1) is 25.6. The zero-order valence-corrected chi connectivity index (χ0v) is 33.5. The molecule has 2 aromatic rings. The van der Waals surface area contributed by atoms with Crippen molar-refractivity contribution in [2.75, 3.05) is 52.7 Å². The van der Waals surface area contributed by atoms with Crippen molar-refractivity contribution in [1.82, 2.24) is 20.8 Å². The number of nitrogens with zero attached hydrogens (tertiary/aromatic N) is 2. The van der Waals surface area contributed by atoms with Crippen LogP contribution >= 0.6 is 0 Å². The van der Waals surface area contributed by atoms with Crippen molar-refractivity contribution >= 4 is 11.8 Å². The molecule has 298 valence electrons. The number of amides is 2. The summed E-state index contributed by atoms with van der Waals surface area (Å²) in [5.41, 5.74) is 1.31. The summed E-state index contributed by atoms with van der Waals surface area (Å²) < 4.78 is 22.0. The van der Waals surface area contributed by atoms with Gasteiger partial charge in [0.15, 0.2) is 0 Å². The monoisotopic (exact) mass is 731 g/mol. The number of aryl methyl sites for hydroxylation is 1. The van der Waals surface area contributed by atoms with Crippen LogP contribution in [0.3, 0.4) is 0 Å². The van der Waals surface area contributed by atoms with Crippen molar-refractivity contribution in [2.24, 2.45) is 0 Å². The number of aromatic nitrogens is 2. The van der Waals surface area contributed by atoms with Gasteiger partial charge in [-0.15, -0.1) is 10.2 Å². The van der Waals surface area contributed by atoms with Crippen LogP contribution in [0.15, 0.2) is 28.7 Å². The summed E-state index contributed by atoms with van der Waals surface area (Å²) in [6.45, 7) is 11.6. The van der Waals surface area contributed by atoms with Crippen molar-refractivity contribution in [3.8, 4) is 11.5 Å². The van der Waals surface area contributed by atoms with Gasteiger partial charge in [0.05, 0.1) is 39.6 Å². The number of hydrogen-bond donors (Lipinski definition) is 2. The molecule has 0 aliphatic heterocycles. The van der Waals surface area contributed by atoms with Gasteiger partial charge in [-0.2, -0.15) is 0 Å². The van der Waals surface area contributed by atoms with Crippen LogP contribution in [-0.2, 0) is 19.0 Å². The van der Waals surface area contributed by atoms with E-state index in [-0.39, 0.29) is 11.8 Å². The van der Waals surface area contributed by atoms with E-state index in [9.17, 15) is 9.59 Å². The summed E-state index contributed by atoms with van der Waals surface area (Å²) in [4.78, 5) is 24.3. The predicted molar refractivity (Wildman–Crippen MR) is 212 cm³/mol. The number of hydrogen-bond acceptors (Lipinski definition) is 8. The summed E-state index contributed by atoms with van der Waals surface area (Å²) >= 11 is 0. The van der Waals surface area contributed by atoms with Gasteiger partial charge in [0.25, 0.3) is 5.91 Å². The summed E-state index contributed by atoms with van der Waals surface area (Å²) in [6, 6.07) is 7.00. The zero-order chi connectivity index (χ0) is 37.7. The molecule has 0 radical (unpaired) electrons. The van der Waals surface area contributed by atoms with Gasteiger partial charge < -0.3 is 29.3 Å². The molecule has 0 saturated heterocycles. The van der Waals surface area contributed by atoms with Crippen LogP contribution in [0.1, 0.15) is 165 Å². The van der Waals surface area contributed by atoms with Crippen molar-refractivity contribution in [1.29, 1.82) is 0 Å². The maximum atomic E-state index is 12.3. The average molecular weight is 731 g/mol. The third kappa shape index (κ3) is 26.9. The Morgan fingerprint density at radius 3 is 1.44 bits per heavy atom. The van der Waals surface area contributed by atoms with Gasteiger partial charge in [0.1, 0.15) is 0 Å². The molecule has 0 fully saturated rings. The SMILES string of the molecule is CC.CCCCCCCCCCCCCCCCCCCCCC(=O)NCCOCCOCCOCCNC(=O)c1ccc(-c2nnc(C)o2)cc1. The standard InChI is InChI=1S/C40H68N4O6.C2H6/c1-3-4-5-6-7-8-9-10-11-12-13-14-15-16-17-18-19-20-21-22-38(45)41-27-29-47-31-33-49-34-32-48-30-28-42-39(46)36-23-25-37(26-24-36)40-44-43-35(2)50-40;1-2/h23-26H,3-22,27-34H2,1-2H3,(H,41,45)(H,42,46);1-2H3. The molecule has 0 atom stereocenters. The molecule has 0 aliphatic rings. The highest BCUT2D eigenvalue weighted by Gasteiger charge is 2.09. The number of unbranched alkanes of at least 4 members (excludes halogenated alkanes) is 18. The van der Waals surface area contributed by atoms with Crippen LogP contribution in [0.2, 0.25) is 0 Å². The smallest absolute Gasteiger partial charge is 0.251 e. The minimum Gasteiger partial charge on any atom is -0.421 e. The molecule has 1 heterocycles. The van der Waals surface area contributed by atoms with E-state index in [1.54, 1.807) is 31.2 Å². The third-order valence-corrected chi connectivity index (χ3v) is 8.77. The van der Waals surface area contributed by atoms with Crippen molar-refractivity contribution in [3.05, 3.63) is 35.7 Å². The van der Waals surface area contributed by atoms with Gasteiger partial charge in [0.2, 0.25) is 17.7 Å².